The molecule has 1 aromatic heterocycles. The molecule has 0 unspecified atom stereocenters. The van der Waals surface area contributed by atoms with Crippen LogP contribution in [0.4, 0.5) is 5.95 Å². The summed E-state index contributed by atoms with van der Waals surface area (Å²) in [7, 11) is 0. The molecule has 4 nitrogen and oxygen atoms in total. The van der Waals surface area contributed by atoms with Gasteiger partial charge in [0.05, 0.1) is 11.0 Å². The first-order valence-electron chi connectivity index (χ1n) is 11.4. The Hall–Kier alpha value is -2.33. The molecule has 2 fully saturated rings. The van der Waals surface area contributed by atoms with Crippen LogP contribution >= 0.6 is 0 Å². The van der Waals surface area contributed by atoms with Crippen molar-refractivity contribution in [1.29, 1.82) is 0 Å². The molecule has 4 heteroatoms. The first-order valence-corrected chi connectivity index (χ1v) is 11.4. The SMILES string of the molecule is c1ccc(C2(N3CCC(Nc4nc5ccccc5[nH]4)CC3)CCCCCC2)cc1. The van der Waals surface area contributed by atoms with E-state index in [0.29, 0.717) is 6.04 Å². The number of likely N-dealkylation sites (tertiary alicyclic amines) is 1. The molecule has 5 rings (SSSR count). The number of nitrogens with one attached hydrogen (secondary N) is 2. The van der Waals surface area contributed by atoms with Gasteiger partial charge < -0.3 is 10.3 Å². The Morgan fingerprint density at radius 2 is 1.55 bits per heavy atom. The van der Waals surface area contributed by atoms with E-state index in [1.165, 1.54) is 56.9 Å². The fourth-order valence-corrected chi connectivity index (χ4v) is 5.52. The van der Waals surface area contributed by atoms with Gasteiger partial charge in [-0.05, 0) is 43.4 Å². The van der Waals surface area contributed by atoms with Crippen molar-refractivity contribution in [3.63, 3.8) is 0 Å². The fourth-order valence-electron chi connectivity index (χ4n) is 5.52. The smallest absolute Gasteiger partial charge is 0.201 e. The third kappa shape index (κ3) is 3.78. The first kappa shape index (κ1) is 18.7. The zero-order chi connectivity index (χ0) is 19.5. The second kappa shape index (κ2) is 8.19. The zero-order valence-corrected chi connectivity index (χ0v) is 17.2. The molecule has 0 radical (unpaired) electrons. The summed E-state index contributed by atoms with van der Waals surface area (Å²) in [5.41, 5.74) is 3.91. The summed E-state index contributed by atoms with van der Waals surface area (Å²) in [6.07, 6.45) is 10.4. The van der Waals surface area contributed by atoms with Crippen LogP contribution in [0.1, 0.15) is 56.9 Å². The van der Waals surface area contributed by atoms with Gasteiger partial charge in [0.2, 0.25) is 5.95 Å². The molecule has 152 valence electrons. The largest absolute Gasteiger partial charge is 0.353 e. The second-order valence-corrected chi connectivity index (χ2v) is 8.82. The molecule has 1 aliphatic heterocycles. The Labute approximate surface area is 173 Å². The van der Waals surface area contributed by atoms with E-state index in [4.69, 9.17) is 4.98 Å². The first-order chi connectivity index (χ1) is 14.3. The maximum atomic E-state index is 4.71. The van der Waals surface area contributed by atoms with E-state index >= 15 is 0 Å². The Balaban J connectivity index is 1.30. The van der Waals surface area contributed by atoms with Crippen molar-refractivity contribution in [2.45, 2.75) is 62.9 Å². The van der Waals surface area contributed by atoms with Gasteiger partial charge in [-0.2, -0.15) is 0 Å². The molecule has 1 aliphatic carbocycles. The standard InChI is InChI=1S/C25H32N4/c1-2-9-17-25(16-8-1,20-10-4-3-5-11-20)29-18-14-21(15-19-29)26-24-27-22-12-6-7-13-23(22)28-24/h3-7,10-13,21H,1-2,8-9,14-19H2,(H2,26,27,28). The van der Waals surface area contributed by atoms with Gasteiger partial charge in [0.15, 0.2) is 0 Å². The Bertz CT molecular complexity index is 883. The quantitative estimate of drug-likeness (QED) is 0.564. The molecule has 0 bridgehead atoms. The minimum Gasteiger partial charge on any atom is -0.353 e. The monoisotopic (exact) mass is 388 g/mol. The predicted molar refractivity (Wildman–Crippen MR) is 120 cm³/mol. The van der Waals surface area contributed by atoms with E-state index in [2.05, 4.69) is 63.7 Å². The van der Waals surface area contributed by atoms with Crippen molar-refractivity contribution in [2.24, 2.45) is 0 Å². The summed E-state index contributed by atoms with van der Waals surface area (Å²) in [4.78, 5) is 10.9. The van der Waals surface area contributed by atoms with E-state index in [1.807, 2.05) is 6.07 Å². The summed E-state index contributed by atoms with van der Waals surface area (Å²) in [5.74, 6) is 0.914. The number of para-hydroxylation sites is 2. The van der Waals surface area contributed by atoms with Crippen LogP contribution in [0, 0.1) is 0 Å². The minimum atomic E-state index is 0.238. The average Bonchev–Trinajstić information content (AvgIpc) is 3.01. The van der Waals surface area contributed by atoms with Crippen LogP contribution in [0.25, 0.3) is 11.0 Å². The number of H-pyrrole nitrogens is 1. The highest BCUT2D eigenvalue weighted by molar-refractivity contribution is 5.77. The van der Waals surface area contributed by atoms with Crippen LogP contribution in [-0.2, 0) is 5.54 Å². The molecular weight excluding hydrogens is 356 g/mol. The number of hydrogen-bond acceptors (Lipinski definition) is 3. The van der Waals surface area contributed by atoms with Crippen LogP contribution in [0.5, 0.6) is 0 Å². The normalized spacial score (nSPS) is 21.1. The number of aromatic amines is 1. The number of piperidine rings is 1. The van der Waals surface area contributed by atoms with Crippen molar-refractivity contribution in [2.75, 3.05) is 18.4 Å². The Morgan fingerprint density at radius 3 is 2.28 bits per heavy atom. The van der Waals surface area contributed by atoms with Crippen LogP contribution in [0.15, 0.2) is 54.6 Å². The molecule has 3 aromatic rings. The third-order valence-electron chi connectivity index (χ3n) is 7.07. The lowest BCUT2D eigenvalue weighted by atomic mass is 9.79. The van der Waals surface area contributed by atoms with Gasteiger partial charge in [0.25, 0.3) is 0 Å². The van der Waals surface area contributed by atoms with Gasteiger partial charge >= 0.3 is 0 Å². The molecule has 2 N–H and O–H groups in total. The van der Waals surface area contributed by atoms with Gasteiger partial charge in [-0.1, -0.05) is 68.1 Å². The van der Waals surface area contributed by atoms with E-state index in [0.717, 1.165) is 30.1 Å². The molecule has 0 atom stereocenters. The van der Waals surface area contributed by atoms with Gasteiger partial charge in [0, 0.05) is 24.7 Å². The van der Waals surface area contributed by atoms with E-state index in [1.54, 1.807) is 0 Å². The number of anilines is 1. The van der Waals surface area contributed by atoms with Crippen LogP contribution in [0.3, 0.4) is 0 Å². The van der Waals surface area contributed by atoms with E-state index < -0.39 is 0 Å². The second-order valence-electron chi connectivity index (χ2n) is 8.82. The van der Waals surface area contributed by atoms with Crippen LogP contribution in [-0.4, -0.2) is 34.0 Å². The van der Waals surface area contributed by atoms with E-state index in [-0.39, 0.29) is 5.54 Å². The molecule has 1 saturated carbocycles. The number of imidazole rings is 1. The van der Waals surface area contributed by atoms with E-state index in [9.17, 15) is 0 Å². The van der Waals surface area contributed by atoms with Crippen molar-refractivity contribution < 1.29 is 0 Å². The number of hydrogen-bond donors (Lipinski definition) is 2. The molecule has 2 heterocycles. The van der Waals surface area contributed by atoms with Gasteiger partial charge in [-0.25, -0.2) is 4.98 Å². The topological polar surface area (TPSA) is 44.0 Å². The summed E-state index contributed by atoms with van der Waals surface area (Å²) >= 11 is 0. The summed E-state index contributed by atoms with van der Waals surface area (Å²) in [5, 5.41) is 3.67. The Morgan fingerprint density at radius 1 is 0.862 bits per heavy atom. The van der Waals surface area contributed by atoms with Gasteiger partial charge in [-0.3, -0.25) is 4.90 Å². The molecule has 2 aromatic carbocycles. The number of nitrogens with zero attached hydrogens (tertiary/aromatic N) is 2. The average molecular weight is 389 g/mol. The van der Waals surface area contributed by atoms with Crippen molar-refractivity contribution >= 4 is 17.0 Å². The molecule has 2 aliphatic rings. The number of rotatable bonds is 4. The maximum absolute atomic E-state index is 4.71. The van der Waals surface area contributed by atoms with Crippen molar-refractivity contribution in [3.8, 4) is 0 Å². The molecule has 0 spiro atoms. The third-order valence-corrected chi connectivity index (χ3v) is 7.07. The van der Waals surface area contributed by atoms with Crippen molar-refractivity contribution in [1.82, 2.24) is 14.9 Å². The van der Waals surface area contributed by atoms with Gasteiger partial charge in [0.1, 0.15) is 0 Å². The highest BCUT2D eigenvalue weighted by Crippen LogP contribution is 2.42. The van der Waals surface area contributed by atoms with Crippen molar-refractivity contribution in [3.05, 3.63) is 60.2 Å². The number of fused-ring (bicyclic) bond motifs is 1. The molecular formula is C25H32N4. The predicted octanol–water partition coefficient (Wildman–Crippen LogP) is 5.69. The zero-order valence-electron chi connectivity index (χ0n) is 17.2. The van der Waals surface area contributed by atoms with Gasteiger partial charge in [-0.15, -0.1) is 0 Å². The fraction of sp³-hybridized carbons (Fsp3) is 0.480. The summed E-state index contributed by atoms with van der Waals surface area (Å²) < 4.78 is 0. The lowest BCUT2D eigenvalue weighted by Crippen LogP contribution is -2.51. The van der Waals surface area contributed by atoms with Crippen LogP contribution in [0.2, 0.25) is 0 Å². The van der Waals surface area contributed by atoms with Crippen LogP contribution < -0.4 is 5.32 Å². The number of aromatic nitrogens is 2. The highest BCUT2D eigenvalue weighted by Gasteiger charge is 2.40. The highest BCUT2D eigenvalue weighted by atomic mass is 15.2. The summed E-state index contributed by atoms with van der Waals surface area (Å²) in [6, 6.07) is 20.1. The molecule has 29 heavy (non-hydrogen) atoms. The Kier molecular flexibility index (Phi) is 5.28. The maximum Gasteiger partial charge on any atom is 0.201 e. The lowest BCUT2D eigenvalue weighted by molar-refractivity contribution is 0.0459. The molecule has 0 amide bonds. The molecule has 1 saturated heterocycles. The minimum absolute atomic E-state index is 0.238. The lowest BCUT2D eigenvalue weighted by Gasteiger charge is -2.47. The number of benzene rings is 2. The summed E-state index contributed by atoms with van der Waals surface area (Å²) in [6.45, 7) is 2.32.